The third-order valence-corrected chi connectivity index (χ3v) is 7.71. The van der Waals surface area contributed by atoms with Gasteiger partial charge in [-0.3, -0.25) is 4.57 Å². The average molecular weight is 472 g/mol. The van der Waals surface area contributed by atoms with Crippen LogP contribution < -0.4 is 4.90 Å². The molecular weight excluding hydrogens is 446 g/mol. The van der Waals surface area contributed by atoms with E-state index in [1.165, 1.54) is 17.5 Å². The molecule has 2 aromatic heterocycles. The molecule has 0 radical (unpaired) electrons. The zero-order chi connectivity index (χ0) is 22.7. The number of piperidine rings is 1. The Labute approximate surface area is 195 Å². The number of aromatic nitrogens is 4. The van der Waals surface area contributed by atoms with E-state index in [1.54, 1.807) is 4.57 Å². The van der Waals surface area contributed by atoms with Crippen LogP contribution in [0.15, 0.2) is 30.6 Å². The number of rotatable bonds is 3. The highest BCUT2D eigenvalue weighted by Gasteiger charge is 2.44. The minimum atomic E-state index is -1.23. The van der Waals surface area contributed by atoms with E-state index in [0.29, 0.717) is 22.4 Å². The first-order valence-electron chi connectivity index (χ1n) is 11.3. The molecule has 2 aliphatic heterocycles. The van der Waals surface area contributed by atoms with E-state index in [-0.39, 0.29) is 5.28 Å². The lowest BCUT2D eigenvalue weighted by molar-refractivity contribution is -0.0511. The molecule has 2 saturated heterocycles. The molecule has 9 nitrogen and oxygen atoms in total. The normalized spacial score (nSPS) is 28.7. The molecule has 3 N–H and O–H groups in total. The Hall–Kier alpha value is -2.30. The quantitative estimate of drug-likeness (QED) is 0.492. The number of hydrogen-bond acceptors (Lipinski definition) is 8. The van der Waals surface area contributed by atoms with Gasteiger partial charge in [0, 0.05) is 13.1 Å². The molecule has 6 rings (SSSR count). The molecule has 4 heterocycles. The van der Waals surface area contributed by atoms with Gasteiger partial charge in [-0.25, -0.2) is 4.98 Å². The summed E-state index contributed by atoms with van der Waals surface area (Å²) in [4.78, 5) is 15.6. The van der Waals surface area contributed by atoms with Crippen LogP contribution in [0, 0.1) is 5.41 Å². The molecule has 174 valence electrons. The lowest BCUT2D eigenvalue weighted by atomic mass is 9.76. The summed E-state index contributed by atoms with van der Waals surface area (Å²) in [7, 11) is 0. The largest absolute Gasteiger partial charge is 0.394 e. The number of ether oxygens (including phenoxy) is 1. The third-order valence-electron chi connectivity index (χ3n) is 7.54. The van der Waals surface area contributed by atoms with E-state index in [1.807, 2.05) is 0 Å². The predicted molar refractivity (Wildman–Crippen MR) is 121 cm³/mol. The second kappa shape index (κ2) is 7.89. The topological polar surface area (TPSA) is 117 Å². The molecule has 33 heavy (non-hydrogen) atoms. The van der Waals surface area contributed by atoms with Gasteiger partial charge in [0.25, 0.3) is 0 Å². The fraction of sp³-hybridized carbons (Fsp3) is 0.522. The minimum Gasteiger partial charge on any atom is -0.394 e. The summed E-state index contributed by atoms with van der Waals surface area (Å²) in [6.45, 7) is 1.29. The fourth-order valence-corrected chi connectivity index (χ4v) is 5.87. The molecule has 0 saturated carbocycles. The molecule has 4 atom stereocenters. The maximum atomic E-state index is 10.4. The van der Waals surface area contributed by atoms with Crippen LogP contribution >= 0.6 is 11.6 Å². The lowest BCUT2D eigenvalue weighted by Crippen LogP contribution is -2.41. The van der Waals surface area contributed by atoms with Crippen LogP contribution in [0.5, 0.6) is 0 Å². The first-order valence-corrected chi connectivity index (χ1v) is 11.7. The molecule has 3 aromatic rings. The Kier molecular flexibility index (Phi) is 5.08. The molecule has 10 heteroatoms. The van der Waals surface area contributed by atoms with Crippen molar-refractivity contribution in [2.24, 2.45) is 5.41 Å². The molecule has 3 aliphatic rings. The highest BCUT2D eigenvalue weighted by molar-refractivity contribution is 6.28. The van der Waals surface area contributed by atoms with Crippen LogP contribution in [0.2, 0.25) is 5.28 Å². The number of imidazole rings is 1. The first kappa shape index (κ1) is 21.2. The van der Waals surface area contributed by atoms with Crippen molar-refractivity contribution in [3.8, 4) is 0 Å². The molecule has 0 amide bonds. The van der Waals surface area contributed by atoms with Crippen LogP contribution in [0.25, 0.3) is 11.2 Å². The van der Waals surface area contributed by atoms with Crippen molar-refractivity contribution >= 4 is 28.6 Å². The SMILES string of the molecule is OC[C@H]1O[C@@H](n2cnc3c(N4CCC5(CC4)Cc4ccccc4C5)nc(Cl)nc32)C(O)C1O. The van der Waals surface area contributed by atoms with E-state index >= 15 is 0 Å². The predicted octanol–water partition coefficient (Wildman–Crippen LogP) is 1.48. The molecule has 2 fully saturated rings. The van der Waals surface area contributed by atoms with Crippen molar-refractivity contribution in [1.82, 2.24) is 19.5 Å². The maximum Gasteiger partial charge on any atom is 0.226 e. The number of nitrogens with zero attached hydrogens (tertiary/aromatic N) is 5. The zero-order valence-corrected chi connectivity index (χ0v) is 18.8. The van der Waals surface area contributed by atoms with Crippen LogP contribution in [0.1, 0.15) is 30.2 Å². The van der Waals surface area contributed by atoms with E-state index in [0.717, 1.165) is 38.8 Å². The van der Waals surface area contributed by atoms with Crippen LogP contribution in [0.3, 0.4) is 0 Å². The monoisotopic (exact) mass is 471 g/mol. The standard InChI is InChI=1S/C23H26ClN5O4/c24-22-26-19(28-7-5-23(6-8-28)9-13-3-1-2-4-14(13)10-23)16-20(27-22)29(12-25-16)21-18(32)17(31)15(11-30)33-21/h1-4,12,15,17-18,21,30-32H,5-11H2/t15-,17?,18?,21-/m1/s1. The lowest BCUT2D eigenvalue weighted by Gasteiger charge is -2.40. The number of fused-ring (bicyclic) bond motifs is 2. The van der Waals surface area contributed by atoms with Gasteiger partial charge < -0.3 is 25.0 Å². The Morgan fingerprint density at radius 3 is 2.39 bits per heavy atom. The second-order valence-corrected chi connectivity index (χ2v) is 9.82. The summed E-state index contributed by atoms with van der Waals surface area (Å²) >= 11 is 6.30. The van der Waals surface area contributed by atoms with Crippen molar-refractivity contribution in [1.29, 1.82) is 0 Å². The summed E-state index contributed by atoms with van der Waals surface area (Å²) in [6.07, 6.45) is 1.63. The van der Waals surface area contributed by atoms with E-state index in [2.05, 4.69) is 44.1 Å². The van der Waals surface area contributed by atoms with Gasteiger partial charge in [0.1, 0.15) is 18.3 Å². The van der Waals surface area contributed by atoms with E-state index in [4.69, 9.17) is 16.3 Å². The summed E-state index contributed by atoms with van der Waals surface area (Å²) in [5, 5.41) is 30.1. The number of hydrogen-bond donors (Lipinski definition) is 3. The Balaban J connectivity index is 1.27. The van der Waals surface area contributed by atoms with Gasteiger partial charge in [-0.2, -0.15) is 9.97 Å². The summed E-state index contributed by atoms with van der Waals surface area (Å²) in [5.41, 5.74) is 4.23. The smallest absolute Gasteiger partial charge is 0.226 e. The van der Waals surface area contributed by atoms with Gasteiger partial charge in [-0.15, -0.1) is 0 Å². The van der Waals surface area contributed by atoms with Crippen LogP contribution in [-0.4, -0.2) is 72.8 Å². The Morgan fingerprint density at radius 1 is 1.06 bits per heavy atom. The average Bonchev–Trinajstić information content (AvgIpc) is 3.47. The number of benzene rings is 1. The van der Waals surface area contributed by atoms with Crippen LogP contribution in [0.4, 0.5) is 5.82 Å². The summed E-state index contributed by atoms with van der Waals surface area (Å²) in [6, 6.07) is 8.73. The van der Waals surface area contributed by atoms with Crippen molar-refractivity contribution in [2.75, 3.05) is 24.6 Å². The minimum absolute atomic E-state index is 0.0829. The third kappa shape index (κ3) is 3.41. The molecule has 1 spiro atoms. The first-order chi connectivity index (χ1) is 16.0. The van der Waals surface area contributed by atoms with E-state index < -0.39 is 31.1 Å². The fourth-order valence-electron chi connectivity index (χ4n) is 5.71. The summed E-state index contributed by atoms with van der Waals surface area (Å²) in [5.74, 6) is 0.667. The highest BCUT2D eigenvalue weighted by atomic mass is 35.5. The molecule has 1 aliphatic carbocycles. The zero-order valence-electron chi connectivity index (χ0n) is 18.0. The maximum absolute atomic E-state index is 10.4. The molecular formula is C23H26ClN5O4. The van der Waals surface area contributed by atoms with Gasteiger partial charge in [0.15, 0.2) is 23.2 Å². The Bertz CT molecular complexity index is 1170. The molecule has 2 unspecified atom stereocenters. The van der Waals surface area contributed by atoms with Crippen molar-refractivity contribution in [3.63, 3.8) is 0 Å². The van der Waals surface area contributed by atoms with Crippen LogP contribution in [-0.2, 0) is 17.6 Å². The number of aliphatic hydroxyl groups is 3. The van der Waals surface area contributed by atoms with Gasteiger partial charge >= 0.3 is 0 Å². The highest BCUT2D eigenvalue weighted by Crippen LogP contribution is 2.45. The van der Waals surface area contributed by atoms with Gasteiger partial charge in [0.05, 0.1) is 12.9 Å². The van der Waals surface area contributed by atoms with E-state index in [9.17, 15) is 15.3 Å². The molecule has 0 bridgehead atoms. The van der Waals surface area contributed by atoms with Crippen molar-refractivity contribution in [2.45, 2.75) is 50.2 Å². The Morgan fingerprint density at radius 2 is 1.76 bits per heavy atom. The van der Waals surface area contributed by atoms with Crippen molar-refractivity contribution in [3.05, 3.63) is 47.0 Å². The van der Waals surface area contributed by atoms with Crippen molar-refractivity contribution < 1.29 is 20.1 Å². The van der Waals surface area contributed by atoms with Gasteiger partial charge in [-0.05, 0) is 53.8 Å². The number of aliphatic hydroxyl groups excluding tert-OH is 3. The molecule has 1 aromatic carbocycles. The second-order valence-electron chi connectivity index (χ2n) is 9.48. The van der Waals surface area contributed by atoms with Gasteiger partial charge in [-0.1, -0.05) is 24.3 Å². The number of halogens is 1. The number of anilines is 1. The van der Waals surface area contributed by atoms with Gasteiger partial charge in [0.2, 0.25) is 5.28 Å². The summed E-state index contributed by atoms with van der Waals surface area (Å²) < 4.78 is 7.21.